The van der Waals surface area contributed by atoms with E-state index in [0.717, 1.165) is 43.9 Å². The standard InChI is InChI=1S/C14H19N5O/c1-2-4-13(5-3-1)20-11-8-14-16-17-18-19(14)12-6-9-15-10-7-12/h1-5,12,15H,6-11H2. The van der Waals surface area contributed by atoms with E-state index in [1.54, 1.807) is 0 Å². The summed E-state index contributed by atoms with van der Waals surface area (Å²) in [7, 11) is 0. The third kappa shape index (κ3) is 3.14. The fourth-order valence-corrected chi connectivity index (χ4v) is 2.49. The topological polar surface area (TPSA) is 64.9 Å². The zero-order valence-corrected chi connectivity index (χ0v) is 11.4. The van der Waals surface area contributed by atoms with Gasteiger partial charge in [0.1, 0.15) is 5.75 Å². The summed E-state index contributed by atoms with van der Waals surface area (Å²) in [5.74, 6) is 1.79. The van der Waals surface area contributed by atoms with Gasteiger partial charge in [-0.15, -0.1) is 5.10 Å². The second kappa shape index (κ2) is 6.47. The summed E-state index contributed by atoms with van der Waals surface area (Å²) in [4.78, 5) is 0. The summed E-state index contributed by atoms with van der Waals surface area (Å²) < 4.78 is 7.67. The highest BCUT2D eigenvalue weighted by Crippen LogP contribution is 2.18. The molecule has 3 rings (SSSR count). The lowest BCUT2D eigenvalue weighted by atomic mass is 10.1. The molecule has 0 amide bonds. The van der Waals surface area contributed by atoms with Crippen LogP contribution in [0, 0.1) is 0 Å². The molecule has 106 valence electrons. The monoisotopic (exact) mass is 273 g/mol. The molecule has 6 nitrogen and oxygen atoms in total. The summed E-state index contributed by atoms with van der Waals surface area (Å²) in [5.41, 5.74) is 0. The first-order chi connectivity index (χ1) is 9.93. The van der Waals surface area contributed by atoms with Gasteiger partial charge >= 0.3 is 0 Å². The Bertz CT molecular complexity index is 521. The van der Waals surface area contributed by atoms with Crippen LogP contribution in [0.3, 0.4) is 0 Å². The zero-order valence-electron chi connectivity index (χ0n) is 11.4. The van der Waals surface area contributed by atoms with Crippen molar-refractivity contribution in [2.24, 2.45) is 0 Å². The number of tetrazole rings is 1. The van der Waals surface area contributed by atoms with E-state index in [9.17, 15) is 0 Å². The summed E-state index contributed by atoms with van der Waals surface area (Å²) >= 11 is 0. The molecular weight excluding hydrogens is 254 g/mol. The van der Waals surface area contributed by atoms with E-state index in [-0.39, 0.29) is 0 Å². The lowest BCUT2D eigenvalue weighted by Crippen LogP contribution is -2.30. The average Bonchev–Trinajstić information content (AvgIpc) is 2.98. The van der Waals surface area contributed by atoms with E-state index >= 15 is 0 Å². The predicted molar refractivity (Wildman–Crippen MR) is 74.6 cm³/mol. The summed E-state index contributed by atoms with van der Waals surface area (Å²) in [6.07, 6.45) is 2.89. The molecule has 0 atom stereocenters. The first kappa shape index (κ1) is 13.1. The quantitative estimate of drug-likeness (QED) is 0.887. The molecule has 1 aliphatic heterocycles. The molecule has 1 aromatic heterocycles. The Morgan fingerprint density at radius 2 is 2.00 bits per heavy atom. The van der Waals surface area contributed by atoms with Crippen LogP contribution in [0.25, 0.3) is 0 Å². The molecule has 2 heterocycles. The smallest absolute Gasteiger partial charge is 0.154 e. The number of piperidine rings is 1. The summed E-state index contributed by atoms with van der Waals surface area (Å²) in [5, 5.41) is 15.4. The van der Waals surface area contributed by atoms with E-state index in [0.29, 0.717) is 12.6 Å². The molecule has 2 aromatic rings. The lowest BCUT2D eigenvalue weighted by Gasteiger charge is -2.23. The SMILES string of the molecule is c1ccc(OCCc2nnnn2C2CCNCC2)cc1. The fourth-order valence-electron chi connectivity index (χ4n) is 2.49. The Morgan fingerprint density at radius 3 is 2.80 bits per heavy atom. The molecule has 1 N–H and O–H groups in total. The van der Waals surface area contributed by atoms with E-state index in [1.165, 1.54) is 0 Å². The molecule has 1 aliphatic rings. The number of aromatic nitrogens is 4. The molecular formula is C14H19N5O. The fraction of sp³-hybridized carbons (Fsp3) is 0.500. The maximum atomic E-state index is 5.70. The number of nitrogens with zero attached hydrogens (tertiary/aromatic N) is 4. The van der Waals surface area contributed by atoms with Crippen molar-refractivity contribution in [2.45, 2.75) is 25.3 Å². The van der Waals surface area contributed by atoms with Gasteiger partial charge in [-0.3, -0.25) is 0 Å². The second-order valence-corrected chi connectivity index (χ2v) is 4.93. The number of hydrogen-bond acceptors (Lipinski definition) is 5. The van der Waals surface area contributed by atoms with Crippen molar-refractivity contribution in [1.82, 2.24) is 25.5 Å². The maximum Gasteiger partial charge on any atom is 0.154 e. The van der Waals surface area contributed by atoms with Gasteiger partial charge in [0.25, 0.3) is 0 Å². The number of para-hydroxylation sites is 1. The molecule has 1 aromatic carbocycles. The summed E-state index contributed by atoms with van der Waals surface area (Å²) in [6.45, 7) is 2.66. The van der Waals surface area contributed by atoms with Gasteiger partial charge in [-0.25, -0.2) is 4.68 Å². The Morgan fingerprint density at radius 1 is 1.20 bits per heavy atom. The molecule has 0 saturated carbocycles. The van der Waals surface area contributed by atoms with Gasteiger partial charge in [0.05, 0.1) is 12.6 Å². The Balaban J connectivity index is 1.56. The molecule has 0 bridgehead atoms. The van der Waals surface area contributed by atoms with Crippen LogP contribution in [-0.4, -0.2) is 39.9 Å². The molecule has 0 radical (unpaired) electrons. The van der Waals surface area contributed by atoms with E-state index in [4.69, 9.17) is 4.74 Å². The van der Waals surface area contributed by atoms with Crippen molar-refractivity contribution in [3.05, 3.63) is 36.2 Å². The third-order valence-electron chi connectivity index (χ3n) is 3.55. The Labute approximate surface area is 118 Å². The molecule has 0 spiro atoms. The minimum absolute atomic E-state index is 0.415. The first-order valence-corrected chi connectivity index (χ1v) is 7.09. The molecule has 6 heteroatoms. The number of benzene rings is 1. The van der Waals surface area contributed by atoms with E-state index in [2.05, 4.69) is 20.8 Å². The molecule has 1 fully saturated rings. The van der Waals surface area contributed by atoms with Gasteiger partial charge in [0.15, 0.2) is 5.82 Å². The normalized spacial score (nSPS) is 16.2. The van der Waals surface area contributed by atoms with Crippen LogP contribution in [-0.2, 0) is 6.42 Å². The van der Waals surface area contributed by atoms with Gasteiger partial charge in [-0.2, -0.15) is 0 Å². The Kier molecular flexibility index (Phi) is 4.22. The highest BCUT2D eigenvalue weighted by molar-refractivity contribution is 5.20. The Hall–Kier alpha value is -1.95. The van der Waals surface area contributed by atoms with Crippen LogP contribution in [0.2, 0.25) is 0 Å². The van der Waals surface area contributed by atoms with Crippen LogP contribution < -0.4 is 10.1 Å². The van der Waals surface area contributed by atoms with Gasteiger partial charge in [0.2, 0.25) is 0 Å². The van der Waals surface area contributed by atoms with Gasteiger partial charge in [-0.05, 0) is 48.5 Å². The number of ether oxygens (including phenoxy) is 1. The minimum Gasteiger partial charge on any atom is -0.493 e. The maximum absolute atomic E-state index is 5.70. The van der Waals surface area contributed by atoms with Crippen molar-refractivity contribution in [2.75, 3.05) is 19.7 Å². The van der Waals surface area contributed by atoms with E-state index in [1.807, 2.05) is 35.0 Å². The van der Waals surface area contributed by atoms with Crippen molar-refractivity contribution < 1.29 is 4.74 Å². The predicted octanol–water partition coefficient (Wildman–Crippen LogP) is 1.22. The second-order valence-electron chi connectivity index (χ2n) is 4.93. The minimum atomic E-state index is 0.415. The largest absolute Gasteiger partial charge is 0.493 e. The van der Waals surface area contributed by atoms with Crippen LogP contribution in [0.15, 0.2) is 30.3 Å². The van der Waals surface area contributed by atoms with E-state index < -0.39 is 0 Å². The van der Waals surface area contributed by atoms with Crippen molar-refractivity contribution >= 4 is 0 Å². The number of rotatable bonds is 5. The third-order valence-corrected chi connectivity index (χ3v) is 3.55. The molecule has 0 unspecified atom stereocenters. The van der Waals surface area contributed by atoms with Crippen LogP contribution in [0.4, 0.5) is 0 Å². The lowest BCUT2D eigenvalue weighted by molar-refractivity contribution is 0.299. The van der Waals surface area contributed by atoms with Crippen molar-refractivity contribution in [3.63, 3.8) is 0 Å². The van der Waals surface area contributed by atoms with Gasteiger partial charge in [-0.1, -0.05) is 18.2 Å². The first-order valence-electron chi connectivity index (χ1n) is 7.09. The number of nitrogens with one attached hydrogen (secondary N) is 1. The van der Waals surface area contributed by atoms with Gasteiger partial charge in [0, 0.05) is 6.42 Å². The highest BCUT2D eigenvalue weighted by atomic mass is 16.5. The molecule has 0 aliphatic carbocycles. The highest BCUT2D eigenvalue weighted by Gasteiger charge is 2.19. The summed E-state index contributed by atoms with van der Waals surface area (Å²) in [6, 6.07) is 10.2. The van der Waals surface area contributed by atoms with Crippen LogP contribution in [0.5, 0.6) is 5.75 Å². The zero-order chi connectivity index (χ0) is 13.6. The molecule has 1 saturated heterocycles. The van der Waals surface area contributed by atoms with Crippen LogP contribution in [0.1, 0.15) is 24.7 Å². The van der Waals surface area contributed by atoms with Crippen molar-refractivity contribution in [3.8, 4) is 5.75 Å². The van der Waals surface area contributed by atoms with Crippen LogP contribution >= 0.6 is 0 Å². The van der Waals surface area contributed by atoms with Crippen molar-refractivity contribution in [1.29, 1.82) is 0 Å². The molecule has 20 heavy (non-hydrogen) atoms. The van der Waals surface area contributed by atoms with Gasteiger partial charge < -0.3 is 10.1 Å². The average molecular weight is 273 g/mol. The number of hydrogen-bond donors (Lipinski definition) is 1.